The second-order valence-corrected chi connectivity index (χ2v) is 5.33. The lowest BCUT2D eigenvalue weighted by atomic mass is 10.00. The highest BCUT2D eigenvalue weighted by atomic mass is 16.3. The lowest BCUT2D eigenvalue weighted by molar-refractivity contribution is 0.103. The van der Waals surface area contributed by atoms with Crippen LogP contribution < -0.4 is 0 Å². The van der Waals surface area contributed by atoms with E-state index in [0.717, 1.165) is 25.7 Å². The molecule has 0 aliphatic rings. The molecule has 0 saturated carbocycles. The lowest BCUT2D eigenvalue weighted by Gasteiger charge is -2.16. The number of allylic oxidation sites excluding steroid dienone is 4. The fourth-order valence-corrected chi connectivity index (χ4v) is 1.31. The van der Waals surface area contributed by atoms with Crippen LogP contribution in [-0.2, 0) is 0 Å². The molecule has 0 saturated heterocycles. The number of hydrogen-bond donors (Lipinski definition) is 2. The molecule has 0 radical (unpaired) electrons. The van der Waals surface area contributed by atoms with Crippen molar-refractivity contribution >= 4 is 0 Å². The molecular formula is C18H32O2. The van der Waals surface area contributed by atoms with Gasteiger partial charge in [0.1, 0.15) is 0 Å². The summed E-state index contributed by atoms with van der Waals surface area (Å²) in [6, 6.07) is 0. The van der Waals surface area contributed by atoms with Crippen molar-refractivity contribution in [1.29, 1.82) is 0 Å². The summed E-state index contributed by atoms with van der Waals surface area (Å²) >= 11 is 0. The first-order valence-corrected chi connectivity index (χ1v) is 7.20. The fourth-order valence-electron chi connectivity index (χ4n) is 1.31. The Bertz CT molecular complexity index is 307. The highest BCUT2D eigenvalue weighted by Gasteiger charge is 2.12. The van der Waals surface area contributed by atoms with Crippen LogP contribution in [0.2, 0.25) is 0 Å². The van der Waals surface area contributed by atoms with Gasteiger partial charge in [-0.3, -0.25) is 0 Å². The van der Waals surface area contributed by atoms with Gasteiger partial charge in [-0.15, -0.1) is 13.2 Å². The smallest absolute Gasteiger partial charge is 0.0800 e. The van der Waals surface area contributed by atoms with E-state index in [1.54, 1.807) is 19.1 Å². The maximum absolute atomic E-state index is 9.49. The Morgan fingerprint density at radius 3 is 2.25 bits per heavy atom. The van der Waals surface area contributed by atoms with Gasteiger partial charge in [-0.05, 0) is 53.4 Å². The third-order valence-electron chi connectivity index (χ3n) is 2.78. The minimum Gasteiger partial charge on any atom is -0.389 e. The van der Waals surface area contributed by atoms with Crippen molar-refractivity contribution in [3.63, 3.8) is 0 Å². The van der Waals surface area contributed by atoms with Crippen LogP contribution >= 0.6 is 0 Å². The molecular weight excluding hydrogens is 248 g/mol. The first-order chi connectivity index (χ1) is 9.29. The topological polar surface area (TPSA) is 40.5 Å². The summed E-state index contributed by atoms with van der Waals surface area (Å²) in [4.78, 5) is 0. The molecule has 0 amide bonds. The van der Waals surface area contributed by atoms with Crippen LogP contribution in [0.15, 0.2) is 49.1 Å². The number of aliphatic hydroxyl groups is 2. The minimum atomic E-state index is -0.702. The molecule has 20 heavy (non-hydrogen) atoms. The van der Waals surface area contributed by atoms with Crippen LogP contribution in [0.5, 0.6) is 0 Å². The van der Waals surface area contributed by atoms with Gasteiger partial charge in [-0.25, -0.2) is 0 Å². The van der Waals surface area contributed by atoms with Gasteiger partial charge >= 0.3 is 0 Å². The predicted molar refractivity (Wildman–Crippen MR) is 89.7 cm³/mol. The fraction of sp³-hybridized carbons (Fsp3) is 0.556. The summed E-state index contributed by atoms with van der Waals surface area (Å²) in [6.07, 6.45) is 12.3. The van der Waals surface area contributed by atoms with Gasteiger partial charge < -0.3 is 10.2 Å². The number of aliphatic hydroxyl groups excluding tert-OH is 1. The predicted octanol–water partition coefficient (Wildman–Crippen LogP) is 4.56. The average molecular weight is 280 g/mol. The van der Waals surface area contributed by atoms with E-state index in [1.165, 1.54) is 5.57 Å². The van der Waals surface area contributed by atoms with E-state index < -0.39 is 5.60 Å². The minimum absolute atomic E-state index is 0.332. The number of rotatable bonds is 8. The second kappa shape index (κ2) is 12.9. The standard InChI is InChI=1S/C10H18O.C8H14O/c1-5-10(4,11)8-6-7-9(2)3;1-3-5-6-7-8(9)4-2/h5,7,11H,1,6,8H2,2-4H3;3-5,8-9H,2,6-7H2,1H3/b;5-3+. The van der Waals surface area contributed by atoms with E-state index in [1.807, 2.05) is 19.1 Å². The molecule has 0 spiro atoms. The molecule has 2 N–H and O–H groups in total. The zero-order chi connectivity index (χ0) is 16.0. The highest BCUT2D eigenvalue weighted by molar-refractivity contribution is 4.97. The molecule has 0 rings (SSSR count). The maximum atomic E-state index is 9.49. The van der Waals surface area contributed by atoms with E-state index in [-0.39, 0.29) is 6.10 Å². The Morgan fingerprint density at radius 2 is 1.85 bits per heavy atom. The van der Waals surface area contributed by atoms with Crippen LogP contribution in [0.25, 0.3) is 0 Å². The molecule has 0 aromatic rings. The van der Waals surface area contributed by atoms with Crippen LogP contribution in [0.3, 0.4) is 0 Å². The number of hydrogen-bond acceptors (Lipinski definition) is 2. The quantitative estimate of drug-likeness (QED) is 0.640. The first kappa shape index (κ1) is 21.2. The average Bonchev–Trinajstić information content (AvgIpc) is 2.39. The van der Waals surface area contributed by atoms with Crippen molar-refractivity contribution in [2.24, 2.45) is 0 Å². The Kier molecular flexibility index (Phi) is 13.7. The Balaban J connectivity index is 0. The monoisotopic (exact) mass is 280 g/mol. The van der Waals surface area contributed by atoms with E-state index in [9.17, 15) is 5.11 Å². The maximum Gasteiger partial charge on any atom is 0.0800 e. The molecule has 0 aliphatic heterocycles. The molecule has 0 fully saturated rings. The molecule has 0 aromatic carbocycles. The van der Waals surface area contributed by atoms with Gasteiger partial charge in [0.15, 0.2) is 0 Å². The van der Waals surface area contributed by atoms with Crippen LogP contribution in [0.1, 0.15) is 53.4 Å². The molecule has 2 atom stereocenters. The zero-order valence-corrected chi connectivity index (χ0v) is 13.6. The van der Waals surface area contributed by atoms with Gasteiger partial charge in [0.25, 0.3) is 0 Å². The van der Waals surface area contributed by atoms with Crippen molar-refractivity contribution in [2.45, 2.75) is 65.1 Å². The van der Waals surface area contributed by atoms with Crippen LogP contribution in [-0.4, -0.2) is 21.9 Å². The summed E-state index contributed by atoms with van der Waals surface area (Å²) in [5.41, 5.74) is 0.594. The largest absolute Gasteiger partial charge is 0.389 e. The Hall–Kier alpha value is -1.12. The summed E-state index contributed by atoms with van der Waals surface area (Å²) in [5.74, 6) is 0. The molecule has 0 aliphatic carbocycles. The Labute approximate surface area is 125 Å². The van der Waals surface area contributed by atoms with Gasteiger partial charge in [-0.1, -0.05) is 36.0 Å². The molecule has 0 heterocycles. The SMILES string of the molecule is C=CC(C)(O)CCC=C(C)C.C=CC(O)CC/C=C/C. The molecule has 0 aromatic heterocycles. The molecule has 2 heteroatoms. The van der Waals surface area contributed by atoms with Gasteiger partial charge in [-0.2, -0.15) is 0 Å². The van der Waals surface area contributed by atoms with Gasteiger partial charge in [0, 0.05) is 0 Å². The van der Waals surface area contributed by atoms with E-state index in [0.29, 0.717) is 0 Å². The van der Waals surface area contributed by atoms with Crippen molar-refractivity contribution in [1.82, 2.24) is 0 Å². The van der Waals surface area contributed by atoms with Gasteiger partial charge in [0.05, 0.1) is 11.7 Å². The van der Waals surface area contributed by atoms with Crippen molar-refractivity contribution < 1.29 is 10.2 Å². The summed E-state index contributed by atoms with van der Waals surface area (Å²) in [6.45, 7) is 14.9. The third kappa shape index (κ3) is 16.9. The summed E-state index contributed by atoms with van der Waals surface area (Å²) in [5, 5.41) is 18.4. The van der Waals surface area contributed by atoms with Gasteiger partial charge in [0.2, 0.25) is 0 Å². The normalized spacial score (nSPS) is 14.7. The van der Waals surface area contributed by atoms with Crippen molar-refractivity contribution in [2.75, 3.05) is 0 Å². The molecule has 0 bridgehead atoms. The first-order valence-electron chi connectivity index (χ1n) is 7.20. The summed E-state index contributed by atoms with van der Waals surface area (Å²) < 4.78 is 0. The summed E-state index contributed by atoms with van der Waals surface area (Å²) in [7, 11) is 0. The molecule has 2 unspecified atom stereocenters. The second-order valence-electron chi connectivity index (χ2n) is 5.33. The molecule has 2 nitrogen and oxygen atoms in total. The van der Waals surface area contributed by atoms with Crippen LogP contribution in [0.4, 0.5) is 0 Å². The van der Waals surface area contributed by atoms with Crippen molar-refractivity contribution in [3.8, 4) is 0 Å². The lowest BCUT2D eigenvalue weighted by Crippen LogP contribution is -2.19. The highest BCUT2D eigenvalue weighted by Crippen LogP contribution is 2.13. The van der Waals surface area contributed by atoms with E-state index in [4.69, 9.17) is 5.11 Å². The zero-order valence-electron chi connectivity index (χ0n) is 13.6. The third-order valence-corrected chi connectivity index (χ3v) is 2.78. The molecule has 116 valence electrons. The van der Waals surface area contributed by atoms with Crippen molar-refractivity contribution in [3.05, 3.63) is 49.1 Å². The van der Waals surface area contributed by atoms with E-state index in [2.05, 4.69) is 33.1 Å². The van der Waals surface area contributed by atoms with Crippen LogP contribution in [0, 0.1) is 0 Å². The Morgan fingerprint density at radius 1 is 1.25 bits per heavy atom. The van der Waals surface area contributed by atoms with E-state index >= 15 is 0 Å².